The van der Waals surface area contributed by atoms with Crippen LogP contribution in [-0.2, 0) is 44.0 Å². The van der Waals surface area contributed by atoms with Crippen LogP contribution in [0.25, 0.3) is 21.5 Å². The summed E-state index contributed by atoms with van der Waals surface area (Å²) in [5.41, 5.74) is 2.69. The molecule has 0 saturated carbocycles. The molecule has 0 radical (unpaired) electrons. The Labute approximate surface area is 290 Å². The molecule has 12 heteroatoms. The number of non-ortho nitro benzene ring substituents is 1. The number of hydrogen-bond donors (Lipinski definition) is 0. The maximum absolute atomic E-state index is 12.8. The first-order valence-corrected chi connectivity index (χ1v) is 19.1. The molecule has 0 aliphatic carbocycles. The van der Waals surface area contributed by atoms with Gasteiger partial charge in [0.1, 0.15) is 0 Å². The van der Waals surface area contributed by atoms with Crippen LogP contribution in [0.1, 0.15) is 36.1 Å². The Balaban J connectivity index is 0.000000194. The van der Waals surface area contributed by atoms with E-state index in [1.807, 2.05) is 26.0 Å². The monoisotopic (exact) mass is 710 g/mol. The van der Waals surface area contributed by atoms with Crippen LogP contribution in [0.15, 0.2) is 131 Å². The molecule has 6 aromatic carbocycles. The SMILES string of the molecule is CCc1ccc(S(=O)(=O)Cc2c([N+](=O)[O-])ccc3ccccc23)cc1.CCc1ccc(S(=O)(=O)Cc2ccc([N+](=O)[O-])c3ccccc23)cc1. The zero-order valence-corrected chi connectivity index (χ0v) is 29.0. The van der Waals surface area contributed by atoms with E-state index in [9.17, 15) is 37.1 Å². The van der Waals surface area contributed by atoms with Gasteiger partial charge in [0.25, 0.3) is 11.4 Å². The standard InChI is InChI=1S/2C19H17NO4S/c1-2-14-7-10-16(11-8-14)25(23,24)13-15-9-12-19(20(21)22)18-6-4-3-5-17(15)18;1-2-14-7-10-16(11-8-14)25(23,24)13-18-17-6-4-3-5-15(17)9-12-19(18)20(21)22/h2*3-12H,2,13H2,1H3. The number of aryl methyl sites for hydroxylation is 2. The molecule has 0 amide bonds. The molecule has 6 rings (SSSR count). The van der Waals surface area contributed by atoms with Crippen molar-refractivity contribution in [2.45, 2.75) is 48.0 Å². The molecule has 0 N–H and O–H groups in total. The first kappa shape index (κ1) is 35.8. The second-order valence-electron chi connectivity index (χ2n) is 11.6. The third-order valence-electron chi connectivity index (χ3n) is 8.46. The van der Waals surface area contributed by atoms with E-state index in [1.54, 1.807) is 91.0 Å². The molecule has 0 unspecified atom stereocenters. The highest BCUT2D eigenvalue weighted by molar-refractivity contribution is 7.91. The molecule has 0 heterocycles. The molecule has 0 atom stereocenters. The second-order valence-corrected chi connectivity index (χ2v) is 15.6. The van der Waals surface area contributed by atoms with Gasteiger partial charge in [0, 0.05) is 12.1 Å². The van der Waals surface area contributed by atoms with E-state index in [1.165, 1.54) is 18.2 Å². The van der Waals surface area contributed by atoms with Gasteiger partial charge in [0.15, 0.2) is 19.7 Å². The van der Waals surface area contributed by atoms with Crippen LogP contribution in [0.5, 0.6) is 0 Å². The highest BCUT2D eigenvalue weighted by Gasteiger charge is 2.24. The lowest BCUT2D eigenvalue weighted by Crippen LogP contribution is -2.08. The molecule has 0 saturated heterocycles. The molecule has 0 aliphatic rings. The van der Waals surface area contributed by atoms with Crippen LogP contribution in [-0.4, -0.2) is 26.7 Å². The van der Waals surface area contributed by atoms with Crippen LogP contribution in [0.4, 0.5) is 11.4 Å². The normalized spacial score (nSPS) is 11.6. The average molecular weight is 711 g/mol. The van der Waals surface area contributed by atoms with Crippen molar-refractivity contribution in [3.63, 3.8) is 0 Å². The topological polar surface area (TPSA) is 155 Å². The van der Waals surface area contributed by atoms with Crippen LogP contribution in [0, 0.1) is 20.2 Å². The molecule has 0 aromatic heterocycles. The van der Waals surface area contributed by atoms with Crippen LogP contribution < -0.4 is 0 Å². The highest BCUT2D eigenvalue weighted by atomic mass is 32.2. The second kappa shape index (κ2) is 15.0. The van der Waals surface area contributed by atoms with Gasteiger partial charge in [-0.3, -0.25) is 20.2 Å². The number of hydrogen-bond acceptors (Lipinski definition) is 8. The van der Waals surface area contributed by atoms with Gasteiger partial charge in [0.05, 0.1) is 42.1 Å². The third kappa shape index (κ3) is 7.88. The minimum absolute atomic E-state index is 0.0240. The number of rotatable bonds is 10. The van der Waals surface area contributed by atoms with Gasteiger partial charge in [-0.25, -0.2) is 16.8 Å². The molecule has 50 heavy (non-hydrogen) atoms. The first-order valence-electron chi connectivity index (χ1n) is 15.8. The Hall–Kier alpha value is -5.46. The number of sulfone groups is 2. The summed E-state index contributed by atoms with van der Waals surface area (Å²) in [6.45, 7) is 4.00. The average Bonchev–Trinajstić information content (AvgIpc) is 3.11. The fourth-order valence-corrected chi connectivity index (χ4v) is 8.48. The number of nitro benzene ring substituents is 2. The molecule has 0 fully saturated rings. The summed E-state index contributed by atoms with van der Waals surface area (Å²) in [5, 5.41) is 25.0. The molecule has 6 aromatic rings. The van der Waals surface area contributed by atoms with E-state index in [2.05, 4.69) is 0 Å². The van der Waals surface area contributed by atoms with E-state index in [-0.39, 0.29) is 32.5 Å². The van der Waals surface area contributed by atoms with Crippen molar-refractivity contribution in [1.29, 1.82) is 0 Å². The first-order chi connectivity index (χ1) is 23.8. The highest BCUT2D eigenvalue weighted by Crippen LogP contribution is 2.32. The smallest absolute Gasteiger partial charge is 0.258 e. The zero-order chi connectivity index (χ0) is 36.1. The van der Waals surface area contributed by atoms with Crippen molar-refractivity contribution in [3.05, 3.63) is 164 Å². The van der Waals surface area contributed by atoms with E-state index < -0.39 is 35.3 Å². The molecule has 256 valence electrons. The van der Waals surface area contributed by atoms with Gasteiger partial charge < -0.3 is 0 Å². The van der Waals surface area contributed by atoms with E-state index in [0.717, 1.165) is 29.4 Å². The summed E-state index contributed by atoms with van der Waals surface area (Å²) in [5.74, 6) is -0.604. The third-order valence-corrected chi connectivity index (χ3v) is 11.8. The Morgan fingerprint density at radius 2 is 0.960 bits per heavy atom. The number of nitrogens with zero attached hydrogens (tertiary/aromatic N) is 2. The van der Waals surface area contributed by atoms with Gasteiger partial charge in [-0.15, -0.1) is 0 Å². The summed E-state index contributed by atoms with van der Waals surface area (Å²) in [7, 11) is -7.22. The largest absolute Gasteiger partial charge is 0.277 e. The summed E-state index contributed by atoms with van der Waals surface area (Å²) in [4.78, 5) is 22.0. The lowest BCUT2D eigenvalue weighted by Gasteiger charge is -2.09. The number of benzene rings is 6. The quantitative estimate of drug-likeness (QED) is 0.101. The van der Waals surface area contributed by atoms with E-state index >= 15 is 0 Å². The lowest BCUT2D eigenvalue weighted by molar-refractivity contribution is -0.385. The van der Waals surface area contributed by atoms with Gasteiger partial charge in [-0.1, -0.05) is 86.6 Å². The van der Waals surface area contributed by atoms with Gasteiger partial charge in [0.2, 0.25) is 0 Å². The van der Waals surface area contributed by atoms with Crippen molar-refractivity contribution in [2.24, 2.45) is 0 Å². The van der Waals surface area contributed by atoms with E-state index in [4.69, 9.17) is 0 Å². The van der Waals surface area contributed by atoms with E-state index in [0.29, 0.717) is 21.7 Å². The minimum atomic E-state index is -3.69. The summed E-state index contributed by atoms with van der Waals surface area (Å²) in [6, 6.07) is 33.3. The maximum atomic E-state index is 12.8. The van der Waals surface area contributed by atoms with Crippen LogP contribution in [0.3, 0.4) is 0 Å². The lowest BCUT2D eigenvalue weighted by atomic mass is 10.0. The maximum Gasteiger partial charge on any atom is 0.277 e. The molecular formula is C38H34N2O8S2. The molecule has 0 spiro atoms. The Bertz CT molecular complexity index is 2420. The zero-order valence-electron chi connectivity index (χ0n) is 27.4. The summed E-state index contributed by atoms with van der Waals surface area (Å²) < 4.78 is 51.1. The fourth-order valence-electron chi connectivity index (χ4n) is 5.70. The summed E-state index contributed by atoms with van der Waals surface area (Å²) >= 11 is 0. The van der Waals surface area contributed by atoms with Crippen molar-refractivity contribution in [1.82, 2.24) is 0 Å². The Morgan fingerprint density at radius 1 is 0.500 bits per heavy atom. The minimum Gasteiger partial charge on any atom is -0.258 e. The molecule has 0 bridgehead atoms. The van der Waals surface area contributed by atoms with Gasteiger partial charge in [-0.2, -0.15) is 0 Å². The van der Waals surface area contributed by atoms with Crippen LogP contribution in [0.2, 0.25) is 0 Å². The Morgan fingerprint density at radius 3 is 1.48 bits per heavy atom. The van der Waals surface area contributed by atoms with Crippen molar-refractivity contribution >= 4 is 52.6 Å². The molecule has 0 aliphatic heterocycles. The van der Waals surface area contributed by atoms with Gasteiger partial charge >= 0.3 is 0 Å². The number of nitro groups is 2. The molecular weight excluding hydrogens is 677 g/mol. The number of fused-ring (bicyclic) bond motifs is 2. The molecule has 10 nitrogen and oxygen atoms in total. The van der Waals surface area contributed by atoms with Crippen molar-refractivity contribution < 1.29 is 26.7 Å². The van der Waals surface area contributed by atoms with Gasteiger partial charge in [-0.05, 0) is 82.1 Å². The summed E-state index contributed by atoms with van der Waals surface area (Å²) in [6.07, 6.45) is 1.66. The predicted octanol–water partition coefficient (Wildman–Crippen LogP) is 8.57. The van der Waals surface area contributed by atoms with Crippen LogP contribution >= 0.6 is 0 Å². The van der Waals surface area contributed by atoms with Crippen molar-refractivity contribution in [2.75, 3.05) is 0 Å². The fraction of sp³-hybridized carbons (Fsp3) is 0.158. The Kier molecular flexibility index (Phi) is 10.7. The van der Waals surface area contributed by atoms with Crippen molar-refractivity contribution in [3.8, 4) is 0 Å². The predicted molar refractivity (Wildman–Crippen MR) is 195 cm³/mol.